The van der Waals surface area contributed by atoms with Crippen LogP contribution in [0, 0.1) is 34.5 Å². The lowest BCUT2D eigenvalue weighted by Gasteiger charge is -2.59. The number of anilines is 1. The van der Waals surface area contributed by atoms with Gasteiger partial charge in [0.25, 0.3) is 0 Å². The van der Waals surface area contributed by atoms with Crippen LogP contribution < -0.4 is 21.3 Å². The Labute approximate surface area is 400 Å². The van der Waals surface area contributed by atoms with Gasteiger partial charge in [0, 0.05) is 41.0 Å². The average Bonchev–Trinajstić information content (AvgIpc) is 3.80. The second kappa shape index (κ2) is 20.4. The molecular formula is C51H64N4O12S. The number of rotatable bonds is 18. The summed E-state index contributed by atoms with van der Waals surface area (Å²) in [5, 5.41) is 41.3. The molecule has 2 aromatic carbocycles. The summed E-state index contributed by atoms with van der Waals surface area (Å²) in [6, 6.07) is 13.1. The SMILES string of the molecule is CSC(CC(=O)O)C(=O)NCCC(=O)N[C@H](C(=O)N[C@@H](C)C(=O)Nc1cccc(Cc2ccc([C@@H]3O[C@@H]4C[C@H]5[C@@H]6CCC7=CC(=O)C=C[C@]7(C)[C@H]6[C@@H](O)C[C@]5(C)[C@]4(C(=O)CO)O3)cc2)c1)C(C)C. The number of aliphatic carboxylic acids is 1. The highest BCUT2D eigenvalue weighted by Gasteiger charge is 2.76. The van der Waals surface area contributed by atoms with Crippen molar-refractivity contribution in [3.8, 4) is 0 Å². The summed E-state index contributed by atoms with van der Waals surface area (Å²) in [6.45, 7) is 8.38. The number of benzene rings is 2. The fraction of sp³-hybridized carbons (Fsp3) is 0.549. The number of carboxylic acids is 1. The smallest absolute Gasteiger partial charge is 0.305 e. The molecule has 2 aromatic rings. The van der Waals surface area contributed by atoms with Crippen LogP contribution in [0.15, 0.2) is 72.3 Å². The number of fused-ring (bicyclic) bond motifs is 7. The first kappa shape index (κ1) is 50.7. The molecule has 1 heterocycles. The Morgan fingerprint density at radius 3 is 2.37 bits per heavy atom. The lowest BCUT2D eigenvalue weighted by Crippen LogP contribution is -2.63. The minimum Gasteiger partial charge on any atom is -0.481 e. The van der Waals surface area contributed by atoms with E-state index in [9.17, 15) is 43.8 Å². The van der Waals surface area contributed by atoms with E-state index >= 15 is 0 Å². The van der Waals surface area contributed by atoms with Crippen LogP contribution in [0.25, 0.3) is 0 Å². The number of carbonyl (C=O) groups is 7. The summed E-state index contributed by atoms with van der Waals surface area (Å²) in [5.74, 6) is -4.04. The number of aliphatic hydroxyl groups is 2. The highest BCUT2D eigenvalue weighted by molar-refractivity contribution is 7.99. The molecule has 0 radical (unpaired) electrons. The van der Waals surface area contributed by atoms with Crippen molar-refractivity contribution in [2.45, 2.75) is 121 Å². The number of Topliss-reactive ketones (excluding diaryl/α,β-unsaturated/α-hetero) is 1. The summed E-state index contributed by atoms with van der Waals surface area (Å²) >= 11 is 1.10. The molecule has 12 atom stereocenters. The summed E-state index contributed by atoms with van der Waals surface area (Å²) in [4.78, 5) is 88.9. The maximum Gasteiger partial charge on any atom is 0.305 e. The predicted octanol–water partition coefficient (Wildman–Crippen LogP) is 4.18. The second-order valence-corrected chi connectivity index (χ2v) is 20.9. The largest absolute Gasteiger partial charge is 0.481 e. The number of carboxylic acid groups (broad SMARTS) is 1. The second-order valence-electron chi connectivity index (χ2n) is 19.8. The molecule has 4 aliphatic carbocycles. The molecule has 4 fully saturated rings. The van der Waals surface area contributed by atoms with E-state index in [4.69, 9.17) is 14.6 Å². The van der Waals surface area contributed by atoms with Crippen LogP contribution in [0.1, 0.15) is 96.1 Å². The molecule has 16 nitrogen and oxygen atoms in total. The number of amides is 4. The molecule has 17 heteroatoms. The zero-order valence-electron chi connectivity index (χ0n) is 39.4. The quantitative estimate of drug-likeness (QED) is 0.111. The summed E-state index contributed by atoms with van der Waals surface area (Å²) in [5.41, 5.74) is 1.38. The van der Waals surface area contributed by atoms with Gasteiger partial charge in [-0.05, 0) is 98.4 Å². The Hall–Kier alpha value is -5.20. The van der Waals surface area contributed by atoms with Crippen molar-refractivity contribution in [1.29, 1.82) is 0 Å². The zero-order valence-corrected chi connectivity index (χ0v) is 40.2. The van der Waals surface area contributed by atoms with Crippen LogP contribution in [0.5, 0.6) is 0 Å². The molecule has 5 aliphatic rings. The van der Waals surface area contributed by atoms with E-state index in [0.29, 0.717) is 24.1 Å². The van der Waals surface area contributed by atoms with E-state index in [2.05, 4.69) is 28.2 Å². The zero-order chi connectivity index (χ0) is 49.3. The Morgan fingerprint density at radius 2 is 1.69 bits per heavy atom. The number of hydrogen-bond acceptors (Lipinski definition) is 12. The van der Waals surface area contributed by atoms with Gasteiger partial charge in [0.05, 0.1) is 23.9 Å². The highest BCUT2D eigenvalue weighted by Crippen LogP contribution is 2.70. The van der Waals surface area contributed by atoms with Crippen LogP contribution in [0.3, 0.4) is 0 Å². The van der Waals surface area contributed by atoms with E-state index < -0.39 is 94.3 Å². The molecule has 0 aromatic heterocycles. The number of allylic oxidation sites excluding steroid dienone is 4. The number of ether oxygens (including phenoxy) is 2. The predicted molar refractivity (Wildman–Crippen MR) is 253 cm³/mol. The minimum absolute atomic E-state index is 0.0164. The van der Waals surface area contributed by atoms with Crippen LogP contribution in [0.2, 0.25) is 0 Å². The van der Waals surface area contributed by atoms with E-state index in [1.54, 1.807) is 38.3 Å². The van der Waals surface area contributed by atoms with Gasteiger partial charge in [0.15, 0.2) is 23.5 Å². The first-order valence-corrected chi connectivity index (χ1v) is 24.7. The first-order chi connectivity index (χ1) is 32.2. The molecular weight excluding hydrogens is 893 g/mol. The van der Waals surface area contributed by atoms with Crippen molar-refractivity contribution in [3.05, 3.63) is 89.0 Å². The number of carbonyl (C=O) groups excluding carboxylic acids is 6. The van der Waals surface area contributed by atoms with Crippen LogP contribution in [0.4, 0.5) is 5.69 Å². The fourth-order valence-corrected chi connectivity index (χ4v) is 12.5. The van der Waals surface area contributed by atoms with Gasteiger partial charge in [-0.25, -0.2) is 0 Å². The van der Waals surface area contributed by atoms with Crippen molar-refractivity contribution in [2.75, 3.05) is 24.7 Å². The summed E-state index contributed by atoms with van der Waals surface area (Å²) < 4.78 is 13.4. The lowest BCUT2D eigenvalue weighted by atomic mass is 9.46. The van der Waals surface area contributed by atoms with Gasteiger partial charge in [0.2, 0.25) is 23.6 Å². The normalized spacial score (nSPS) is 30.4. The van der Waals surface area contributed by atoms with E-state index in [1.807, 2.05) is 55.5 Å². The van der Waals surface area contributed by atoms with Gasteiger partial charge in [-0.3, -0.25) is 33.6 Å². The van der Waals surface area contributed by atoms with Crippen molar-refractivity contribution < 1.29 is 58.4 Å². The Morgan fingerprint density at radius 1 is 0.956 bits per heavy atom. The molecule has 3 saturated carbocycles. The molecule has 4 amide bonds. The maximum absolute atomic E-state index is 14.0. The summed E-state index contributed by atoms with van der Waals surface area (Å²) in [6.07, 6.45) is 6.97. The van der Waals surface area contributed by atoms with Gasteiger partial charge in [-0.2, -0.15) is 11.8 Å². The topological polar surface area (TPSA) is 247 Å². The maximum atomic E-state index is 14.0. The lowest BCUT2D eigenvalue weighted by molar-refractivity contribution is -0.201. The Kier molecular flexibility index (Phi) is 15.2. The van der Waals surface area contributed by atoms with E-state index in [0.717, 1.165) is 41.3 Å². The number of nitrogens with one attached hydrogen (secondary N) is 4. The molecule has 1 saturated heterocycles. The number of aliphatic hydroxyl groups excluding tert-OH is 2. The molecule has 366 valence electrons. The fourth-order valence-electron chi connectivity index (χ4n) is 11.9. The van der Waals surface area contributed by atoms with E-state index in [-0.39, 0.29) is 55.3 Å². The molecule has 7 rings (SSSR count). The molecule has 1 unspecified atom stereocenters. The van der Waals surface area contributed by atoms with Crippen LogP contribution in [-0.2, 0) is 49.5 Å². The molecule has 7 N–H and O–H groups in total. The molecule has 0 spiro atoms. The molecule has 68 heavy (non-hydrogen) atoms. The van der Waals surface area contributed by atoms with Crippen molar-refractivity contribution >= 4 is 58.6 Å². The third kappa shape index (κ3) is 9.82. The monoisotopic (exact) mass is 956 g/mol. The highest BCUT2D eigenvalue weighted by atomic mass is 32.2. The number of ketones is 2. The first-order valence-electron chi connectivity index (χ1n) is 23.4. The van der Waals surface area contributed by atoms with Gasteiger partial charge in [-0.1, -0.05) is 75.7 Å². The Bertz CT molecular complexity index is 2370. The van der Waals surface area contributed by atoms with Gasteiger partial charge in [0.1, 0.15) is 18.7 Å². The number of thioether (sulfide) groups is 1. The van der Waals surface area contributed by atoms with Crippen LogP contribution in [-0.4, -0.2) is 111 Å². The number of hydrogen-bond donors (Lipinski definition) is 7. The van der Waals surface area contributed by atoms with Crippen LogP contribution >= 0.6 is 11.8 Å². The molecule has 1 aliphatic heterocycles. The van der Waals surface area contributed by atoms with E-state index in [1.165, 1.54) is 6.92 Å². The van der Waals surface area contributed by atoms with Crippen molar-refractivity contribution in [3.63, 3.8) is 0 Å². The van der Waals surface area contributed by atoms with Gasteiger partial charge in [-0.15, -0.1) is 0 Å². The van der Waals surface area contributed by atoms with Gasteiger partial charge < -0.3 is 46.1 Å². The van der Waals surface area contributed by atoms with Gasteiger partial charge >= 0.3 is 5.97 Å². The summed E-state index contributed by atoms with van der Waals surface area (Å²) in [7, 11) is 0. The minimum atomic E-state index is -1.46. The van der Waals surface area contributed by atoms with Crippen molar-refractivity contribution in [1.82, 2.24) is 16.0 Å². The Balaban J connectivity index is 0.936. The van der Waals surface area contributed by atoms with Crippen molar-refractivity contribution in [2.24, 2.45) is 34.5 Å². The third-order valence-electron chi connectivity index (χ3n) is 15.3. The molecule has 0 bridgehead atoms. The standard InChI is InChI=1S/C51H64N4O12S/c1-27(2)44(55-41(60)17-19-52-46(64)38(68-6)24-42(61)62)47(65)53-28(3)45(63)54-33-9-7-8-30(21-33)20-29-10-12-31(13-11-29)48-66-40-23-36-35-15-14-32-22-34(57)16-18-49(32,4)43(35)37(58)25-50(36,5)51(40,67-48)39(59)26-56/h7-13,16,18,21-22,27-28,35-38,40,43-44,48,56,58H,14-15,17,19-20,23-26H2,1-6H3,(H,52,64)(H,53,65)(H,54,63)(H,55,60)(H,61,62)/t28-,35-,36-,37-,38?,40+,43+,44-,48+,49-,50-,51+/m0/s1. The average molecular weight is 957 g/mol. The third-order valence-corrected chi connectivity index (χ3v) is 16.2.